The van der Waals surface area contributed by atoms with Gasteiger partial charge in [-0.25, -0.2) is 0 Å². The van der Waals surface area contributed by atoms with Crippen LogP contribution in [-0.4, -0.2) is 52.8 Å². The van der Waals surface area contributed by atoms with E-state index >= 15 is 0 Å². The van der Waals surface area contributed by atoms with E-state index in [2.05, 4.69) is 32.6 Å². The van der Waals surface area contributed by atoms with E-state index in [-0.39, 0.29) is 11.3 Å². The molecule has 3 rings (SSSR count). The number of nitrogens with zero attached hydrogens (tertiary/aromatic N) is 2. The lowest BCUT2D eigenvalue weighted by molar-refractivity contribution is -0.140. The SMILES string of the molecule is CCN(CC)CCCN1C(=O)C(=O)/C(=C(/O)c2ccc(Cl)cc2)C1c1ccc(C(C)C)cc1. The second kappa shape index (κ2) is 11.0. The summed E-state index contributed by atoms with van der Waals surface area (Å²) in [6, 6.07) is 14.0. The summed E-state index contributed by atoms with van der Waals surface area (Å²) in [6.07, 6.45) is 0.746. The van der Waals surface area contributed by atoms with Gasteiger partial charge in [-0.2, -0.15) is 0 Å². The average molecular weight is 469 g/mol. The van der Waals surface area contributed by atoms with Crippen LogP contribution in [0.1, 0.15) is 62.8 Å². The molecule has 0 bridgehead atoms. The zero-order valence-corrected chi connectivity index (χ0v) is 20.6. The highest BCUT2D eigenvalue weighted by atomic mass is 35.5. The Kier molecular flexibility index (Phi) is 8.33. The monoisotopic (exact) mass is 468 g/mol. The van der Waals surface area contributed by atoms with Crippen molar-refractivity contribution in [2.75, 3.05) is 26.2 Å². The second-order valence-electron chi connectivity index (χ2n) is 8.70. The molecule has 0 aliphatic carbocycles. The van der Waals surface area contributed by atoms with Crippen molar-refractivity contribution in [3.63, 3.8) is 0 Å². The Balaban J connectivity index is 2.03. The number of carbonyl (C=O) groups is 2. The molecular formula is C27H33ClN2O3. The van der Waals surface area contributed by atoms with E-state index in [1.807, 2.05) is 24.3 Å². The first-order valence-corrected chi connectivity index (χ1v) is 12.0. The molecule has 5 nitrogen and oxygen atoms in total. The van der Waals surface area contributed by atoms with Crippen LogP contribution in [0.2, 0.25) is 5.02 Å². The van der Waals surface area contributed by atoms with Crippen molar-refractivity contribution in [3.05, 3.63) is 75.8 Å². The van der Waals surface area contributed by atoms with Crippen molar-refractivity contribution < 1.29 is 14.7 Å². The van der Waals surface area contributed by atoms with Gasteiger partial charge in [0.15, 0.2) is 0 Å². The molecule has 2 aromatic carbocycles. The largest absolute Gasteiger partial charge is 0.507 e. The van der Waals surface area contributed by atoms with Gasteiger partial charge in [-0.3, -0.25) is 9.59 Å². The second-order valence-corrected chi connectivity index (χ2v) is 9.14. The number of ketones is 1. The molecule has 1 fully saturated rings. The molecule has 1 saturated heterocycles. The van der Waals surface area contributed by atoms with Gasteiger partial charge in [-0.15, -0.1) is 0 Å². The zero-order valence-electron chi connectivity index (χ0n) is 19.8. The van der Waals surface area contributed by atoms with Crippen LogP contribution < -0.4 is 0 Å². The molecule has 0 spiro atoms. The van der Waals surface area contributed by atoms with E-state index in [9.17, 15) is 14.7 Å². The third kappa shape index (κ3) is 5.48. The maximum atomic E-state index is 13.1. The van der Waals surface area contributed by atoms with Gasteiger partial charge in [-0.05, 0) is 67.4 Å². The van der Waals surface area contributed by atoms with Gasteiger partial charge < -0.3 is 14.9 Å². The van der Waals surface area contributed by atoms with E-state index in [4.69, 9.17) is 11.6 Å². The van der Waals surface area contributed by atoms with Crippen LogP contribution in [0, 0.1) is 0 Å². The number of likely N-dealkylation sites (tertiary alicyclic amines) is 1. The Morgan fingerprint density at radius 1 is 1.03 bits per heavy atom. The van der Waals surface area contributed by atoms with Crippen molar-refractivity contribution in [3.8, 4) is 0 Å². The van der Waals surface area contributed by atoms with Crippen LogP contribution in [0.4, 0.5) is 0 Å². The van der Waals surface area contributed by atoms with E-state index in [1.165, 1.54) is 5.56 Å². The lowest BCUT2D eigenvalue weighted by atomic mass is 9.93. The fraction of sp³-hybridized carbons (Fsp3) is 0.407. The first kappa shape index (κ1) is 25.0. The Morgan fingerprint density at radius 3 is 2.18 bits per heavy atom. The number of aliphatic hydroxyl groups is 1. The molecule has 0 aromatic heterocycles. The van der Waals surface area contributed by atoms with Crippen LogP contribution in [0.25, 0.3) is 5.76 Å². The van der Waals surface area contributed by atoms with E-state index in [0.717, 1.165) is 31.6 Å². The molecule has 1 unspecified atom stereocenters. The standard InChI is InChI=1S/C27H33ClN2O3/c1-5-29(6-2)16-7-17-30-24(20-10-8-19(9-11-20)18(3)4)23(26(32)27(30)33)25(31)21-12-14-22(28)15-13-21/h8-15,18,24,31H,5-7,16-17H2,1-4H3/b25-23+. The van der Waals surface area contributed by atoms with Crippen molar-refractivity contribution in [1.82, 2.24) is 9.80 Å². The highest BCUT2D eigenvalue weighted by Gasteiger charge is 2.45. The minimum atomic E-state index is -0.650. The molecule has 1 amide bonds. The summed E-state index contributed by atoms with van der Waals surface area (Å²) in [5.41, 5.74) is 2.58. The highest BCUT2D eigenvalue weighted by Crippen LogP contribution is 2.40. The molecule has 1 N–H and O–H groups in total. The minimum Gasteiger partial charge on any atom is -0.507 e. The highest BCUT2D eigenvalue weighted by molar-refractivity contribution is 6.46. The minimum absolute atomic E-state index is 0.127. The first-order chi connectivity index (χ1) is 15.8. The van der Waals surface area contributed by atoms with Gasteiger partial charge in [0.1, 0.15) is 5.76 Å². The van der Waals surface area contributed by atoms with Gasteiger partial charge in [0.25, 0.3) is 11.7 Å². The van der Waals surface area contributed by atoms with Gasteiger partial charge in [0, 0.05) is 17.1 Å². The number of rotatable bonds is 9. The fourth-order valence-electron chi connectivity index (χ4n) is 4.29. The number of benzene rings is 2. The third-order valence-electron chi connectivity index (χ3n) is 6.34. The lowest BCUT2D eigenvalue weighted by Gasteiger charge is -2.27. The quantitative estimate of drug-likeness (QED) is 0.295. The predicted octanol–water partition coefficient (Wildman–Crippen LogP) is 5.62. The number of Topliss-reactive ketones (excluding diaryl/α,β-unsaturated/α-hetero) is 1. The molecule has 6 heteroatoms. The lowest BCUT2D eigenvalue weighted by Crippen LogP contribution is -2.33. The van der Waals surface area contributed by atoms with Crippen molar-refractivity contribution in [2.24, 2.45) is 0 Å². The summed E-state index contributed by atoms with van der Waals surface area (Å²) in [6.45, 7) is 11.6. The van der Waals surface area contributed by atoms with Crippen LogP contribution in [-0.2, 0) is 9.59 Å². The normalized spacial score (nSPS) is 18.0. The third-order valence-corrected chi connectivity index (χ3v) is 6.60. The van der Waals surface area contributed by atoms with E-state index in [1.54, 1.807) is 29.2 Å². The van der Waals surface area contributed by atoms with Crippen LogP contribution in [0.3, 0.4) is 0 Å². The van der Waals surface area contributed by atoms with Crippen LogP contribution >= 0.6 is 11.6 Å². The Bertz CT molecular complexity index is 1010. The van der Waals surface area contributed by atoms with Gasteiger partial charge >= 0.3 is 0 Å². The van der Waals surface area contributed by atoms with Gasteiger partial charge in [0.2, 0.25) is 0 Å². The molecule has 0 saturated carbocycles. The smallest absolute Gasteiger partial charge is 0.295 e. The van der Waals surface area contributed by atoms with Gasteiger partial charge in [-0.1, -0.05) is 63.6 Å². The molecular weight excluding hydrogens is 436 g/mol. The van der Waals surface area contributed by atoms with E-state index in [0.29, 0.717) is 23.0 Å². The Hall–Kier alpha value is -2.63. The number of aliphatic hydroxyl groups excluding tert-OH is 1. The Morgan fingerprint density at radius 2 is 1.64 bits per heavy atom. The van der Waals surface area contributed by atoms with Crippen molar-refractivity contribution in [1.29, 1.82) is 0 Å². The van der Waals surface area contributed by atoms with Gasteiger partial charge in [0.05, 0.1) is 11.6 Å². The van der Waals surface area contributed by atoms with Crippen molar-refractivity contribution >= 4 is 29.1 Å². The number of halogens is 1. The summed E-state index contributed by atoms with van der Waals surface area (Å²) >= 11 is 5.99. The molecule has 2 aromatic rings. The number of hydrogen-bond acceptors (Lipinski definition) is 4. The first-order valence-electron chi connectivity index (χ1n) is 11.6. The molecule has 1 aliphatic heterocycles. The number of amides is 1. The van der Waals surface area contributed by atoms with Crippen LogP contribution in [0.5, 0.6) is 0 Å². The molecule has 1 atom stereocenters. The summed E-state index contributed by atoms with van der Waals surface area (Å²) in [5.74, 6) is -1.02. The molecule has 176 valence electrons. The fourth-order valence-corrected chi connectivity index (χ4v) is 4.41. The summed E-state index contributed by atoms with van der Waals surface area (Å²) < 4.78 is 0. The van der Waals surface area contributed by atoms with Crippen LogP contribution in [0.15, 0.2) is 54.1 Å². The number of carbonyl (C=O) groups excluding carboxylic acids is 2. The number of hydrogen-bond donors (Lipinski definition) is 1. The predicted molar refractivity (Wildman–Crippen MR) is 133 cm³/mol. The average Bonchev–Trinajstić information content (AvgIpc) is 3.07. The molecule has 0 radical (unpaired) electrons. The summed E-state index contributed by atoms with van der Waals surface area (Å²) in [7, 11) is 0. The maximum Gasteiger partial charge on any atom is 0.295 e. The summed E-state index contributed by atoms with van der Waals surface area (Å²) in [4.78, 5) is 30.1. The van der Waals surface area contributed by atoms with E-state index < -0.39 is 17.7 Å². The maximum absolute atomic E-state index is 13.1. The zero-order chi connectivity index (χ0) is 24.1. The topological polar surface area (TPSA) is 60.9 Å². The molecule has 33 heavy (non-hydrogen) atoms. The Labute approximate surface area is 201 Å². The molecule has 1 heterocycles. The molecule has 1 aliphatic rings. The summed E-state index contributed by atoms with van der Waals surface area (Å²) in [5, 5.41) is 11.6. The van der Waals surface area contributed by atoms with Crippen molar-refractivity contribution in [2.45, 2.75) is 46.1 Å².